The summed E-state index contributed by atoms with van der Waals surface area (Å²) in [6.07, 6.45) is 11.6. The Hall–Kier alpha value is -0.590. The molecule has 0 N–H and O–H groups in total. The van der Waals surface area contributed by atoms with Gasteiger partial charge in [-0.2, -0.15) is 0 Å². The smallest absolute Gasteiger partial charge is 0.198 e. The third kappa shape index (κ3) is 9.32. The number of allylic oxidation sites excluding steroid dienone is 1. The largest absolute Gasteiger partial charge is 0.291 e. The van der Waals surface area contributed by atoms with Crippen LogP contribution in [-0.4, -0.2) is 6.29 Å². The average Bonchev–Trinajstić information content (AvgIpc) is 2.13. The summed E-state index contributed by atoms with van der Waals surface area (Å²) < 4.78 is 0. The van der Waals surface area contributed by atoms with Gasteiger partial charge in [-0.05, 0) is 25.2 Å². The van der Waals surface area contributed by atoms with Crippen molar-refractivity contribution in [2.75, 3.05) is 0 Å². The lowest BCUT2D eigenvalue weighted by Crippen LogP contribution is -1.94. The molecule has 75 valence electrons. The van der Waals surface area contributed by atoms with Crippen LogP contribution in [0, 0.1) is 5.92 Å². The van der Waals surface area contributed by atoms with Crippen molar-refractivity contribution in [3.05, 3.63) is 12.7 Å². The summed E-state index contributed by atoms with van der Waals surface area (Å²) in [5.41, 5.74) is 0. The van der Waals surface area contributed by atoms with Crippen LogP contribution < -0.4 is 0 Å². The van der Waals surface area contributed by atoms with Crippen LogP contribution in [0.4, 0.5) is 0 Å². The second-order valence-electron chi connectivity index (χ2n) is 3.71. The zero-order valence-corrected chi connectivity index (χ0v) is 8.72. The Morgan fingerprint density at radius 3 is 2.62 bits per heavy atom. The second kappa shape index (κ2) is 9.50. The number of hydrogen-bond acceptors (Lipinski definition) is 1. The predicted octanol–water partition coefficient (Wildman–Crippen LogP) is 3.65. The van der Waals surface area contributed by atoms with Crippen molar-refractivity contribution in [3.8, 4) is 0 Å². The molecule has 0 aromatic carbocycles. The molecule has 0 fully saturated rings. The maximum absolute atomic E-state index is 9.92. The highest BCUT2D eigenvalue weighted by Gasteiger charge is 2.00. The standard InChI is InChI=1S/C12H21O/c1-3-4-6-9-12(2)10-7-5-8-11-13/h3,12H,1,4-10H2,2H3. The number of rotatable bonds is 9. The molecule has 0 aromatic heterocycles. The predicted molar refractivity (Wildman–Crippen MR) is 57.4 cm³/mol. The molecule has 0 heterocycles. The summed E-state index contributed by atoms with van der Waals surface area (Å²) in [4.78, 5) is 9.92. The monoisotopic (exact) mass is 181 g/mol. The van der Waals surface area contributed by atoms with Gasteiger partial charge in [0.15, 0.2) is 6.29 Å². The molecule has 0 bridgehead atoms. The van der Waals surface area contributed by atoms with Gasteiger partial charge in [-0.25, -0.2) is 0 Å². The summed E-state index contributed by atoms with van der Waals surface area (Å²) in [6.45, 7) is 5.99. The minimum Gasteiger partial charge on any atom is -0.291 e. The lowest BCUT2D eigenvalue weighted by Gasteiger charge is -2.09. The van der Waals surface area contributed by atoms with E-state index in [-0.39, 0.29) is 0 Å². The fourth-order valence-corrected chi connectivity index (χ4v) is 1.44. The van der Waals surface area contributed by atoms with Crippen LogP contribution in [0.15, 0.2) is 12.7 Å². The van der Waals surface area contributed by atoms with Gasteiger partial charge in [0.05, 0.1) is 0 Å². The van der Waals surface area contributed by atoms with Gasteiger partial charge < -0.3 is 0 Å². The van der Waals surface area contributed by atoms with Crippen LogP contribution in [0.1, 0.15) is 51.9 Å². The van der Waals surface area contributed by atoms with Crippen molar-refractivity contribution in [3.63, 3.8) is 0 Å². The zero-order valence-electron chi connectivity index (χ0n) is 8.72. The van der Waals surface area contributed by atoms with Crippen molar-refractivity contribution in [2.45, 2.75) is 51.9 Å². The van der Waals surface area contributed by atoms with E-state index in [4.69, 9.17) is 0 Å². The van der Waals surface area contributed by atoms with Gasteiger partial charge in [-0.15, -0.1) is 6.58 Å². The van der Waals surface area contributed by atoms with Crippen molar-refractivity contribution in [2.24, 2.45) is 5.92 Å². The van der Waals surface area contributed by atoms with E-state index in [9.17, 15) is 4.79 Å². The lowest BCUT2D eigenvalue weighted by atomic mass is 9.97. The van der Waals surface area contributed by atoms with Gasteiger partial charge >= 0.3 is 0 Å². The number of carbonyl (C=O) groups excluding carboxylic acids is 1. The Bertz CT molecular complexity index is 129. The summed E-state index contributed by atoms with van der Waals surface area (Å²) in [7, 11) is 0. The molecule has 0 saturated carbocycles. The molecule has 0 aliphatic carbocycles. The minimum atomic E-state index is 0.610. The molecule has 0 aliphatic heterocycles. The summed E-state index contributed by atoms with van der Waals surface area (Å²) in [5, 5.41) is 0. The van der Waals surface area contributed by atoms with Crippen LogP contribution in [0.2, 0.25) is 0 Å². The molecule has 1 nitrogen and oxygen atoms in total. The van der Waals surface area contributed by atoms with Crippen molar-refractivity contribution < 1.29 is 4.79 Å². The van der Waals surface area contributed by atoms with Gasteiger partial charge in [0.2, 0.25) is 0 Å². The van der Waals surface area contributed by atoms with E-state index in [1.54, 1.807) is 0 Å². The molecule has 1 atom stereocenters. The Labute approximate surface area is 82.2 Å². The fraction of sp³-hybridized carbons (Fsp3) is 0.750. The number of unbranched alkanes of at least 4 members (excludes halogenated alkanes) is 3. The van der Waals surface area contributed by atoms with Crippen molar-refractivity contribution >= 4 is 6.29 Å². The summed E-state index contributed by atoms with van der Waals surface area (Å²) in [6, 6.07) is 0. The molecule has 0 aromatic rings. The average molecular weight is 181 g/mol. The normalized spacial score (nSPS) is 12.4. The Balaban J connectivity index is 3.14. The minimum absolute atomic E-state index is 0.610. The molecule has 13 heavy (non-hydrogen) atoms. The van der Waals surface area contributed by atoms with E-state index in [1.807, 2.05) is 12.4 Å². The Morgan fingerprint density at radius 1 is 1.31 bits per heavy atom. The lowest BCUT2D eigenvalue weighted by molar-refractivity contribution is 0.453. The molecule has 0 rings (SSSR count). The quantitative estimate of drug-likeness (QED) is 0.392. The highest BCUT2D eigenvalue weighted by molar-refractivity contribution is 5.50. The van der Waals surface area contributed by atoms with E-state index in [0.29, 0.717) is 6.42 Å². The highest BCUT2D eigenvalue weighted by atomic mass is 16.1. The van der Waals surface area contributed by atoms with Gasteiger partial charge in [0.1, 0.15) is 0 Å². The van der Waals surface area contributed by atoms with Gasteiger partial charge in [-0.1, -0.05) is 32.3 Å². The molecule has 0 saturated heterocycles. The first kappa shape index (κ1) is 12.4. The molecule has 0 spiro atoms. The first-order chi connectivity index (χ1) is 6.31. The van der Waals surface area contributed by atoms with E-state index in [1.165, 1.54) is 25.7 Å². The number of hydrogen-bond donors (Lipinski definition) is 0. The molecular formula is C12H21O. The summed E-state index contributed by atoms with van der Waals surface area (Å²) >= 11 is 0. The second-order valence-corrected chi connectivity index (χ2v) is 3.71. The van der Waals surface area contributed by atoms with Crippen LogP contribution in [0.5, 0.6) is 0 Å². The van der Waals surface area contributed by atoms with Gasteiger partial charge in [0, 0.05) is 6.42 Å². The van der Waals surface area contributed by atoms with E-state index >= 15 is 0 Å². The molecule has 1 unspecified atom stereocenters. The van der Waals surface area contributed by atoms with Gasteiger partial charge in [-0.3, -0.25) is 4.79 Å². The third-order valence-corrected chi connectivity index (χ3v) is 2.33. The maximum Gasteiger partial charge on any atom is 0.198 e. The first-order valence-electron chi connectivity index (χ1n) is 5.27. The van der Waals surface area contributed by atoms with E-state index < -0.39 is 0 Å². The highest BCUT2D eigenvalue weighted by Crippen LogP contribution is 2.15. The van der Waals surface area contributed by atoms with Crippen LogP contribution >= 0.6 is 0 Å². The van der Waals surface area contributed by atoms with Crippen LogP contribution in [-0.2, 0) is 4.79 Å². The van der Waals surface area contributed by atoms with Crippen LogP contribution in [0.25, 0.3) is 0 Å². The summed E-state index contributed by atoms with van der Waals surface area (Å²) in [5.74, 6) is 0.798. The topological polar surface area (TPSA) is 17.1 Å². The maximum atomic E-state index is 9.92. The Morgan fingerprint density at radius 2 is 2.00 bits per heavy atom. The third-order valence-electron chi connectivity index (χ3n) is 2.33. The molecule has 1 heteroatoms. The fourth-order valence-electron chi connectivity index (χ4n) is 1.44. The van der Waals surface area contributed by atoms with Gasteiger partial charge in [0.25, 0.3) is 0 Å². The molecule has 0 aliphatic rings. The van der Waals surface area contributed by atoms with E-state index in [2.05, 4.69) is 13.5 Å². The zero-order chi connectivity index (χ0) is 9.94. The Kier molecular flexibility index (Phi) is 9.07. The van der Waals surface area contributed by atoms with Crippen molar-refractivity contribution in [1.82, 2.24) is 0 Å². The molecule has 0 amide bonds. The van der Waals surface area contributed by atoms with Crippen molar-refractivity contribution in [1.29, 1.82) is 0 Å². The molecular weight excluding hydrogens is 160 g/mol. The van der Waals surface area contributed by atoms with E-state index in [0.717, 1.165) is 18.8 Å². The SMILES string of the molecule is C=CCCCC(C)CCCC[C]=O. The molecule has 1 radical (unpaired) electrons. The first-order valence-corrected chi connectivity index (χ1v) is 5.27. The van der Waals surface area contributed by atoms with Crippen LogP contribution in [0.3, 0.4) is 0 Å².